The van der Waals surface area contributed by atoms with E-state index in [0.29, 0.717) is 0 Å². The zero-order valence-corrected chi connectivity index (χ0v) is 9.70. The van der Waals surface area contributed by atoms with E-state index in [-0.39, 0.29) is 22.6 Å². The molecule has 0 aliphatic heterocycles. The molecule has 3 N–H and O–H groups in total. The molecule has 2 aromatic rings. The molecule has 6 heteroatoms. The smallest absolute Gasteiger partial charge is 0.337 e. The number of carbonyl (C=O) groups is 2. The molecule has 19 heavy (non-hydrogen) atoms. The number of phenolic OH excluding ortho intramolecular Hbond substituents is 1. The van der Waals surface area contributed by atoms with E-state index in [0.717, 1.165) is 0 Å². The molecular weight excluding hydrogens is 248 g/mol. The van der Waals surface area contributed by atoms with E-state index in [1.165, 1.54) is 36.7 Å². The summed E-state index contributed by atoms with van der Waals surface area (Å²) in [5, 5.41) is 21.0. The third-order valence-corrected chi connectivity index (χ3v) is 2.44. The molecule has 0 saturated heterocycles. The van der Waals surface area contributed by atoms with Crippen LogP contribution in [0.2, 0.25) is 0 Å². The van der Waals surface area contributed by atoms with Gasteiger partial charge in [0.05, 0.1) is 16.8 Å². The topological polar surface area (TPSA) is 99.5 Å². The van der Waals surface area contributed by atoms with Crippen molar-refractivity contribution in [3.05, 3.63) is 53.9 Å². The number of carbonyl (C=O) groups excluding carboxylic acids is 1. The molecule has 1 heterocycles. The molecule has 0 unspecified atom stereocenters. The van der Waals surface area contributed by atoms with Crippen molar-refractivity contribution in [1.82, 2.24) is 4.98 Å². The molecule has 96 valence electrons. The largest absolute Gasteiger partial charge is 0.506 e. The van der Waals surface area contributed by atoms with Gasteiger partial charge in [-0.05, 0) is 24.3 Å². The summed E-state index contributed by atoms with van der Waals surface area (Å²) in [4.78, 5) is 26.7. The van der Waals surface area contributed by atoms with Gasteiger partial charge in [-0.15, -0.1) is 0 Å². The summed E-state index contributed by atoms with van der Waals surface area (Å²) in [6.07, 6.45) is 2.86. The summed E-state index contributed by atoms with van der Waals surface area (Å²) < 4.78 is 0. The molecule has 0 fully saturated rings. The molecule has 1 amide bonds. The molecular formula is C13H10N2O4. The fourth-order valence-corrected chi connectivity index (χ4v) is 1.53. The van der Waals surface area contributed by atoms with E-state index < -0.39 is 11.9 Å². The van der Waals surface area contributed by atoms with Gasteiger partial charge in [-0.2, -0.15) is 0 Å². The third-order valence-electron chi connectivity index (χ3n) is 2.44. The highest BCUT2D eigenvalue weighted by Gasteiger charge is 2.16. The van der Waals surface area contributed by atoms with Crippen molar-refractivity contribution in [1.29, 1.82) is 0 Å². The number of aromatic nitrogens is 1. The van der Waals surface area contributed by atoms with E-state index in [2.05, 4.69) is 10.3 Å². The minimum atomic E-state index is -1.24. The van der Waals surface area contributed by atoms with E-state index in [1.54, 1.807) is 6.07 Å². The Morgan fingerprint density at radius 2 is 1.95 bits per heavy atom. The van der Waals surface area contributed by atoms with Crippen molar-refractivity contribution in [3.63, 3.8) is 0 Å². The van der Waals surface area contributed by atoms with Gasteiger partial charge in [-0.3, -0.25) is 9.78 Å². The molecule has 1 aromatic carbocycles. The lowest BCUT2D eigenvalue weighted by Gasteiger charge is -2.10. The number of aromatic carboxylic acids is 1. The Kier molecular flexibility index (Phi) is 3.42. The molecule has 0 saturated carbocycles. The van der Waals surface area contributed by atoms with E-state index in [9.17, 15) is 14.7 Å². The standard InChI is InChI=1S/C13H10N2O4/c16-10-5-1-4-9(13(18)19)11(10)15-12(17)8-3-2-6-14-7-8/h1-7,16H,(H,15,17)(H,18,19). The highest BCUT2D eigenvalue weighted by molar-refractivity contribution is 6.08. The van der Waals surface area contributed by atoms with Crippen molar-refractivity contribution >= 4 is 17.6 Å². The first-order valence-corrected chi connectivity index (χ1v) is 5.36. The molecule has 2 rings (SSSR count). The molecule has 0 aliphatic carbocycles. The SMILES string of the molecule is O=C(Nc1c(O)cccc1C(=O)O)c1cccnc1. The number of hydrogen-bond acceptors (Lipinski definition) is 4. The maximum Gasteiger partial charge on any atom is 0.337 e. The van der Waals surface area contributed by atoms with Crippen LogP contribution in [0.5, 0.6) is 5.75 Å². The highest BCUT2D eigenvalue weighted by atomic mass is 16.4. The van der Waals surface area contributed by atoms with Crippen LogP contribution in [-0.2, 0) is 0 Å². The monoisotopic (exact) mass is 258 g/mol. The van der Waals surface area contributed by atoms with Gasteiger partial charge in [0.15, 0.2) is 0 Å². The Bertz CT molecular complexity index is 626. The zero-order chi connectivity index (χ0) is 13.8. The van der Waals surface area contributed by atoms with Crippen LogP contribution in [0.15, 0.2) is 42.7 Å². The number of pyridine rings is 1. The van der Waals surface area contributed by atoms with Gasteiger partial charge in [0, 0.05) is 12.4 Å². The molecule has 6 nitrogen and oxygen atoms in total. The number of carboxylic acids is 1. The average molecular weight is 258 g/mol. The number of phenols is 1. The van der Waals surface area contributed by atoms with Gasteiger partial charge < -0.3 is 15.5 Å². The van der Waals surface area contributed by atoms with Gasteiger partial charge >= 0.3 is 5.97 Å². The Morgan fingerprint density at radius 3 is 2.58 bits per heavy atom. The molecule has 1 aromatic heterocycles. The summed E-state index contributed by atoms with van der Waals surface area (Å²) in [7, 11) is 0. The zero-order valence-electron chi connectivity index (χ0n) is 9.70. The van der Waals surface area contributed by atoms with Crippen molar-refractivity contribution in [2.24, 2.45) is 0 Å². The van der Waals surface area contributed by atoms with Crippen LogP contribution in [-0.4, -0.2) is 27.1 Å². The Morgan fingerprint density at radius 1 is 1.16 bits per heavy atom. The number of anilines is 1. The summed E-state index contributed by atoms with van der Waals surface area (Å²) >= 11 is 0. The van der Waals surface area contributed by atoms with Gasteiger partial charge in [-0.25, -0.2) is 4.79 Å². The van der Waals surface area contributed by atoms with Gasteiger partial charge in [0.2, 0.25) is 0 Å². The first-order valence-electron chi connectivity index (χ1n) is 5.36. The number of rotatable bonds is 3. The van der Waals surface area contributed by atoms with Gasteiger partial charge in [0.25, 0.3) is 5.91 Å². The fourth-order valence-electron chi connectivity index (χ4n) is 1.53. The molecule has 0 spiro atoms. The van der Waals surface area contributed by atoms with E-state index in [4.69, 9.17) is 5.11 Å². The fraction of sp³-hybridized carbons (Fsp3) is 0. The van der Waals surface area contributed by atoms with Crippen molar-refractivity contribution in [3.8, 4) is 5.75 Å². The second kappa shape index (κ2) is 5.18. The lowest BCUT2D eigenvalue weighted by Crippen LogP contribution is -2.15. The van der Waals surface area contributed by atoms with Crippen molar-refractivity contribution in [2.45, 2.75) is 0 Å². The maximum absolute atomic E-state index is 11.9. The Balaban J connectivity index is 2.34. The van der Waals surface area contributed by atoms with Crippen LogP contribution in [0.1, 0.15) is 20.7 Å². The number of nitrogens with zero attached hydrogens (tertiary/aromatic N) is 1. The molecule has 0 bridgehead atoms. The number of nitrogens with one attached hydrogen (secondary N) is 1. The lowest BCUT2D eigenvalue weighted by atomic mass is 10.1. The lowest BCUT2D eigenvalue weighted by molar-refractivity contribution is 0.0697. The Hall–Kier alpha value is -2.89. The van der Waals surface area contributed by atoms with Crippen LogP contribution in [0.25, 0.3) is 0 Å². The quantitative estimate of drug-likeness (QED) is 0.728. The van der Waals surface area contributed by atoms with Crippen LogP contribution < -0.4 is 5.32 Å². The van der Waals surface area contributed by atoms with Crippen LogP contribution >= 0.6 is 0 Å². The normalized spacial score (nSPS) is 9.89. The third kappa shape index (κ3) is 2.68. The second-order valence-electron chi connectivity index (χ2n) is 3.70. The van der Waals surface area contributed by atoms with Gasteiger partial charge in [0.1, 0.15) is 5.75 Å². The summed E-state index contributed by atoms with van der Waals surface area (Å²) in [5.74, 6) is -2.09. The summed E-state index contributed by atoms with van der Waals surface area (Å²) in [5.41, 5.74) is -0.0526. The number of benzene rings is 1. The van der Waals surface area contributed by atoms with E-state index >= 15 is 0 Å². The average Bonchev–Trinajstić information content (AvgIpc) is 2.41. The first-order chi connectivity index (χ1) is 9.09. The molecule has 0 atom stereocenters. The molecule has 0 radical (unpaired) electrons. The van der Waals surface area contributed by atoms with Crippen LogP contribution in [0, 0.1) is 0 Å². The number of hydrogen-bond donors (Lipinski definition) is 3. The first kappa shape index (κ1) is 12.6. The summed E-state index contributed by atoms with van der Waals surface area (Å²) in [6.45, 7) is 0. The Labute approximate surface area is 108 Å². The van der Waals surface area contributed by atoms with Gasteiger partial charge in [-0.1, -0.05) is 6.07 Å². The predicted octanol–water partition coefficient (Wildman–Crippen LogP) is 1.74. The number of aromatic hydroxyl groups is 1. The summed E-state index contributed by atoms with van der Waals surface area (Å²) in [6, 6.07) is 7.09. The number of amides is 1. The van der Waals surface area contributed by atoms with Crippen molar-refractivity contribution in [2.75, 3.05) is 5.32 Å². The number of carboxylic acid groups (broad SMARTS) is 1. The maximum atomic E-state index is 11.9. The minimum Gasteiger partial charge on any atom is -0.506 e. The highest BCUT2D eigenvalue weighted by Crippen LogP contribution is 2.27. The van der Waals surface area contributed by atoms with Crippen molar-refractivity contribution < 1.29 is 19.8 Å². The molecule has 0 aliphatic rings. The van der Waals surface area contributed by atoms with E-state index in [1.807, 2.05) is 0 Å². The minimum absolute atomic E-state index is 0.135. The van der Waals surface area contributed by atoms with Crippen LogP contribution in [0.3, 0.4) is 0 Å². The van der Waals surface area contributed by atoms with Crippen LogP contribution in [0.4, 0.5) is 5.69 Å². The number of para-hydroxylation sites is 1. The predicted molar refractivity (Wildman–Crippen MR) is 67.3 cm³/mol. The second-order valence-corrected chi connectivity index (χ2v) is 3.70.